The molecule has 2 N–H and O–H groups in total. The second-order valence-electron chi connectivity index (χ2n) is 4.46. The minimum absolute atomic E-state index is 0.590. The van der Waals surface area contributed by atoms with Gasteiger partial charge in [-0.15, -0.1) is 0 Å². The van der Waals surface area contributed by atoms with Gasteiger partial charge in [0.05, 0.1) is 0 Å². The summed E-state index contributed by atoms with van der Waals surface area (Å²) in [5.41, 5.74) is 4.40. The van der Waals surface area contributed by atoms with E-state index in [2.05, 4.69) is 58.6 Å². The van der Waals surface area contributed by atoms with Gasteiger partial charge in [-0.25, -0.2) is 0 Å². The van der Waals surface area contributed by atoms with Crippen molar-refractivity contribution in [3.63, 3.8) is 0 Å². The van der Waals surface area contributed by atoms with Crippen LogP contribution in [-0.4, -0.2) is 5.11 Å². The van der Waals surface area contributed by atoms with Crippen LogP contribution in [0, 0.1) is 13.8 Å². The molecule has 4 heteroatoms. The summed E-state index contributed by atoms with van der Waals surface area (Å²) in [6.45, 7) is 4.15. The summed E-state index contributed by atoms with van der Waals surface area (Å²) < 4.78 is 1.05. The van der Waals surface area contributed by atoms with Crippen molar-refractivity contribution in [3.8, 4) is 0 Å². The van der Waals surface area contributed by atoms with Crippen LogP contribution in [0.5, 0.6) is 0 Å². The fourth-order valence-corrected chi connectivity index (χ4v) is 2.37. The predicted molar refractivity (Wildman–Crippen MR) is 89.9 cm³/mol. The van der Waals surface area contributed by atoms with Crippen LogP contribution >= 0.6 is 28.1 Å². The Balaban J connectivity index is 2.03. The lowest BCUT2D eigenvalue weighted by Gasteiger charge is -2.12. The lowest BCUT2D eigenvalue weighted by molar-refractivity contribution is 1.38. The molecule has 0 unspecified atom stereocenters. The molecule has 0 saturated heterocycles. The standard InChI is InChI=1S/C15H15BrN2S/c1-10-7-11(2)9-14(8-10)18-15(19)17-13-5-3-12(16)4-6-13/h3-9H,1-2H3,(H2,17,18,19). The van der Waals surface area contributed by atoms with Crippen molar-refractivity contribution in [2.24, 2.45) is 0 Å². The normalized spacial score (nSPS) is 10.1. The zero-order valence-electron chi connectivity index (χ0n) is 10.8. The van der Waals surface area contributed by atoms with E-state index in [1.807, 2.05) is 24.3 Å². The molecule has 98 valence electrons. The smallest absolute Gasteiger partial charge is 0.175 e. The topological polar surface area (TPSA) is 24.1 Å². The first-order valence-electron chi connectivity index (χ1n) is 5.95. The van der Waals surface area contributed by atoms with Crippen LogP contribution in [0.15, 0.2) is 46.9 Å². The van der Waals surface area contributed by atoms with Gasteiger partial charge in [0.15, 0.2) is 5.11 Å². The van der Waals surface area contributed by atoms with Gasteiger partial charge in [-0.05, 0) is 73.6 Å². The Morgan fingerprint density at radius 2 is 1.42 bits per heavy atom. The summed E-state index contributed by atoms with van der Waals surface area (Å²) in [6.07, 6.45) is 0. The summed E-state index contributed by atoms with van der Waals surface area (Å²) in [7, 11) is 0. The number of rotatable bonds is 2. The monoisotopic (exact) mass is 334 g/mol. The molecule has 0 heterocycles. The molecule has 0 aliphatic carbocycles. The summed E-state index contributed by atoms with van der Waals surface area (Å²) in [4.78, 5) is 0. The minimum Gasteiger partial charge on any atom is -0.332 e. The highest BCUT2D eigenvalue weighted by atomic mass is 79.9. The van der Waals surface area contributed by atoms with Crippen molar-refractivity contribution in [1.29, 1.82) is 0 Å². The Hall–Kier alpha value is -1.39. The van der Waals surface area contributed by atoms with E-state index < -0.39 is 0 Å². The Morgan fingerprint density at radius 3 is 2.00 bits per heavy atom. The molecule has 0 aliphatic heterocycles. The van der Waals surface area contributed by atoms with E-state index in [-0.39, 0.29) is 0 Å². The van der Waals surface area contributed by atoms with Crippen molar-refractivity contribution >= 4 is 44.6 Å². The SMILES string of the molecule is Cc1cc(C)cc(NC(=S)Nc2ccc(Br)cc2)c1. The maximum atomic E-state index is 5.30. The van der Waals surface area contributed by atoms with Crippen LogP contribution in [0.4, 0.5) is 11.4 Å². The Bertz CT molecular complexity index is 573. The predicted octanol–water partition coefficient (Wildman–Crippen LogP) is 4.87. The quantitative estimate of drug-likeness (QED) is 0.765. The van der Waals surface area contributed by atoms with Gasteiger partial charge >= 0.3 is 0 Å². The highest BCUT2D eigenvalue weighted by Gasteiger charge is 2.00. The lowest BCUT2D eigenvalue weighted by Crippen LogP contribution is -2.19. The Morgan fingerprint density at radius 1 is 0.895 bits per heavy atom. The molecule has 2 aromatic carbocycles. The third-order valence-corrected chi connectivity index (χ3v) is 3.31. The Labute approximate surface area is 127 Å². The van der Waals surface area contributed by atoms with E-state index in [4.69, 9.17) is 12.2 Å². The molecule has 19 heavy (non-hydrogen) atoms. The second-order valence-corrected chi connectivity index (χ2v) is 5.79. The summed E-state index contributed by atoms with van der Waals surface area (Å²) in [5.74, 6) is 0. The third kappa shape index (κ3) is 4.33. The number of anilines is 2. The van der Waals surface area contributed by atoms with E-state index >= 15 is 0 Å². The number of aryl methyl sites for hydroxylation is 2. The van der Waals surface area contributed by atoms with Gasteiger partial charge in [-0.2, -0.15) is 0 Å². The van der Waals surface area contributed by atoms with Crippen LogP contribution in [-0.2, 0) is 0 Å². The van der Waals surface area contributed by atoms with Crippen molar-refractivity contribution < 1.29 is 0 Å². The van der Waals surface area contributed by atoms with Gasteiger partial charge in [0.2, 0.25) is 0 Å². The molecule has 2 rings (SSSR count). The average molecular weight is 335 g/mol. The van der Waals surface area contributed by atoms with E-state index in [1.165, 1.54) is 11.1 Å². The highest BCUT2D eigenvalue weighted by Crippen LogP contribution is 2.16. The summed E-state index contributed by atoms with van der Waals surface area (Å²) in [5, 5.41) is 6.94. The largest absolute Gasteiger partial charge is 0.332 e. The zero-order valence-corrected chi connectivity index (χ0v) is 13.2. The fraction of sp³-hybridized carbons (Fsp3) is 0.133. The minimum atomic E-state index is 0.590. The maximum absolute atomic E-state index is 5.30. The number of hydrogen-bond donors (Lipinski definition) is 2. The molecule has 0 aromatic heterocycles. The first kappa shape index (κ1) is 14.0. The molecule has 0 spiro atoms. The van der Waals surface area contributed by atoms with E-state index in [9.17, 15) is 0 Å². The molecule has 0 atom stereocenters. The van der Waals surface area contributed by atoms with Crippen molar-refractivity contribution in [1.82, 2.24) is 0 Å². The van der Waals surface area contributed by atoms with E-state index in [1.54, 1.807) is 0 Å². The molecule has 0 bridgehead atoms. The van der Waals surface area contributed by atoms with Crippen molar-refractivity contribution in [2.75, 3.05) is 10.6 Å². The highest BCUT2D eigenvalue weighted by molar-refractivity contribution is 9.10. The molecule has 0 amide bonds. The van der Waals surface area contributed by atoms with Gasteiger partial charge in [-0.1, -0.05) is 22.0 Å². The van der Waals surface area contributed by atoms with Crippen LogP contribution in [0.25, 0.3) is 0 Å². The first-order valence-corrected chi connectivity index (χ1v) is 7.15. The molecule has 0 radical (unpaired) electrons. The van der Waals surface area contributed by atoms with Crippen molar-refractivity contribution in [3.05, 3.63) is 58.1 Å². The van der Waals surface area contributed by atoms with Gasteiger partial charge in [0, 0.05) is 15.8 Å². The number of hydrogen-bond acceptors (Lipinski definition) is 1. The fourth-order valence-electron chi connectivity index (χ4n) is 1.87. The average Bonchev–Trinajstić information content (AvgIpc) is 2.30. The Kier molecular flexibility index (Phi) is 4.56. The van der Waals surface area contributed by atoms with Crippen LogP contribution in [0.3, 0.4) is 0 Å². The van der Waals surface area contributed by atoms with Gasteiger partial charge in [0.25, 0.3) is 0 Å². The number of benzene rings is 2. The van der Waals surface area contributed by atoms with Gasteiger partial charge < -0.3 is 10.6 Å². The first-order chi connectivity index (χ1) is 9.02. The van der Waals surface area contributed by atoms with Crippen LogP contribution in [0.1, 0.15) is 11.1 Å². The molecule has 2 nitrogen and oxygen atoms in total. The number of nitrogens with one attached hydrogen (secondary N) is 2. The van der Waals surface area contributed by atoms with E-state index in [0.717, 1.165) is 15.8 Å². The van der Waals surface area contributed by atoms with Gasteiger partial charge in [0.1, 0.15) is 0 Å². The van der Waals surface area contributed by atoms with Crippen LogP contribution in [0.2, 0.25) is 0 Å². The number of thiocarbonyl (C=S) groups is 1. The lowest BCUT2D eigenvalue weighted by atomic mass is 10.1. The molecule has 0 aliphatic rings. The van der Waals surface area contributed by atoms with Crippen molar-refractivity contribution in [2.45, 2.75) is 13.8 Å². The molecule has 2 aromatic rings. The number of halogens is 1. The molecular formula is C15H15BrN2S. The zero-order chi connectivity index (χ0) is 13.8. The second kappa shape index (κ2) is 6.17. The molecular weight excluding hydrogens is 320 g/mol. The maximum Gasteiger partial charge on any atom is 0.175 e. The summed E-state index contributed by atoms with van der Waals surface area (Å²) >= 11 is 8.71. The van der Waals surface area contributed by atoms with Gasteiger partial charge in [-0.3, -0.25) is 0 Å². The molecule has 0 saturated carbocycles. The summed E-state index contributed by atoms with van der Waals surface area (Å²) in [6, 6.07) is 14.2. The van der Waals surface area contributed by atoms with Crippen LogP contribution < -0.4 is 10.6 Å². The third-order valence-electron chi connectivity index (χ3n) is 2.58. The van der Waals surface area contributed by atoms with E-state index in [0.29, 0.717) is 5.11 Å². The molecule has 0 fully saturated rings.